The number of amides is 4. The van der Waals surface area contributed by atoms with Gasteiger partial charge in [0, 0.05) is 11.7 Å². The van der Waals surface area contributed by atoms with Crippen LogP contribution in [0.1, 0.15) is 83.5 Å². The van der Waals surface area contributed by atoms with E-state index in [1.165, 1.54) is 4.90 Å². The first kappa shape index (κ1) is 35.1. The summed E-state index contributed by atoms with van der Waals surface area (Å²) in [4.78, 5) is 55.5. The number of primary amides is 1. The second-order valence-corrected chi connectivity index (χ2v) is 13.2. The van der Waals surface area contributed by atoms with Crippen LogP contribution in [0.25, 0.3) is 10.8 Å². The predicted octanol–water partition coefficient (Wildman–Crippen LogP) is 6.56. The summed E-state index contributed by atoms with van der Waals surface area (Å²) in [7, 11) is 0. The molecule has 0 bridgehead atoms. The third kappa shape index (κ3) is 10.1. The standard InChI is InChI=1S/C36H48N4O5/c1-22(2)13-15-25(5)40(34(43)30(21-31(37)41)39-35(44)45-36(6,7)8)32(29-18-14-23(3)19-24(29)4)33(42)38-28-17-16-26-11-9-10-12-27(26)20-28/h9-12,14,16-20,22,25,30,32H,13,15,21H2,1-8H3,(H2,37,41)(H,38,42)(H,39,44). The van der Waals surface area contributed by atoms with Crippen LogP contribution >= 0.6 is 0 Å². The fourth-order valence-corrected chi connectivity index (χ4v) is 5.37. The van der Waals surface area contributed by atoms with Gasteiger partial charge >= 0.3 is 6.09 Å². The van der Waals surface area contributed by atoms with E-state index in [4.69, 9.17) is 10.5 Å². The van der Waals surface area contributed by atoms with Gasteiger partial charge in [0.15, 0.2) is 0 Å². The van der Waals surface area contributed by atoms with Crippen molar-refractivity contribution in [2.45, 2.75) is 98.4 Å². The maximum Gasteiger partial charge on any atom is 0.408 e. The SMILES string of the molecule is Cc1ccc(C(C(=O)Nc2ccc3ccccc3c2)N(C(=O)C(CC(N)=O)NC(=O)OC(C)(C)C)C(C)CCC(C)C)c(C)c1. The molecular weight excluding hydrogens is 568 g/mol. The molecule has 3 aromatic rings. The number of carbonyl (C=O) groups excluding carboxylic acids is 4. The van der Waals surface area contributed by atoms with Crippen molar-refractivity contribution >= 4 is 40.3 Å². The van der Waals surface area contributed by atoms with Crippen LogP contribution in [0.5, 0.6) is 0 Å². The molecule has 3 unspecified atom stereocenters. The van der Waals surface area contributed by atoms with Gasteiger partial charge in [0.05, 0.1) is 6.42 Å². The maximum absolute atomic E-state index is 14.6. The Balaban J connectivity index is 2.14. The first-order valence-electron chi connectivity index (χ1n) is 15.5. The highest BCUT2D eigenvalue weighted by atomic mass is 16.6. The summed E-state index contributed by atoms with van der Waals surface area (Å²) in [5, 5.41) is 7.59. The average molecular weight is 617 g/mol. The fourth-order valence-electron chi connectivity index (χ4n) is 5.37. The van der Waals surface area contributed by atoms with E-state index >= 15 is 0 Å². The maximum atomic E-state index is 14.6. The van der Waals surface area contributed by atoms with Crippen LogP contribution in [0.3, 0.4) is 0 Å². The van der Waals surface area contributed by atoms with E-state index in [0.29, 0.717) is 23.6 Å². The molecule has 0 radical (unpaired) electrons. The minimum Gasteiger partial charge on any atom is -0.444 e. The van der Waals surface area contributed by atoms with Crippen molar-refractivity contribution in [2.75, 3.05) is 5.32 Å². The largest absolute Gasteiger partial charge is 0.444 e. The van der Waals surface area contributed by atoms with Crippen LogP contribution < -0.4 is 16.4 Å². The van der Waals surface area contributed by atoms with Crippen molar-refractivity contribution in [3.63, 3.8) is 0 Å². The monoisotopic (exact) mass is 616 g/mol. The van der Waals surface area contributed by atoms with Gasteiger partial charge in [-0.05, 0) is 94.3 Å². The molecule has 0 aliphatic carbocycles. The number of hydrogen-bond acceptors (Lipinski definition) is 5. The van der Waals surface area contributed by atoms with Crippen LogP contribution in [-0.4, -0.2) is 46.4 Å². The van der Waals surface area contributed by atoms with E-state index in [1.54, 1.807) is 20.8 Å². The summed E-state index contributed by atoms with van der Waals surface area (Å²) in [6, 6.07) is 16.3. The Kier molecular flexibility index (Phi) is 11.7. The zero-order chi connectivity index (χ0) is 33.5. The summed E-state index contributed by atoms with van der Waals surface area (Å²) >= 11 is 0. The molecule has 0 aliphatic heterocycles. The summed E-state index contributed by atoms with van der Waals surface area (Å²) < 4.78 is 5.41. The number of nitrogens with one attached hydrogen (secondary N) is 2. The van der Waals surface area contributed by atoms with Gasteiger partial charge in [-0.25, -0.2) is 4.79 Å². The molecular formula is C36H48N4O5. The highest BCUT2D eigenvalue weighted by Crippen LogP contribution is 2.32. The van der Waals surface area contributed by atoms with Crippen LogP contribution in [0.4, 0.5) is 10.5 Å². The third-order valence-corrected chi connectivity index (χ3v) is 7.55. The van der Waals surface area contributed by atoms with Crippen LogP contribution in [0.2, 0.25) is 0 Å². The molecule has 0 fully saturated rings. The van der Waals surface area contributed by atoms with E-state index in [9.17, 15) is 19.2 Å². The van der Waals surface area contributed by atoms with Gasteiger partial charge in [-0.15, -0.1) is 0 Å². The van der Waals surface area contributed by atoms with Gasteiger partial charge in [0.2, 0.25) is 11.8 Å². The normalized spacial score (nSPS) is 13.5. The van der Waals surface area contributed by atoms with E-state index < -0.39 is 54.0 Å². The van der Waals surface area contributed by atoms with Gasteiger partial charge in [0.25, 0.3) is 5.91 Å². The second-order valence-electron chi connectivity index (χ2n) is 13.2. The molecule has 9 nitrogen and oxygen atoms in total. The Morgan fingerprint density at radius 1 is 0.889 bits per heavy atom. The lowest BCUT2D eigenvalue weighted by Gasteiger charge is -2.39. The predicted molar refractivity (Wildman–Crippen MR) is 179 cm³/mol. The zero-order valence-electron chi connectivity index (χ0n) is 27.8. The summed E-state index contributed by atoms with van der Waals surface area (Å²) in [5.74, 6) is -1.45. The molecule has 45 heavy (non-hydrogen) atoms. The van der Waals surface area contributed by atoms with E-state index in [2.05, 4.69) is 24.5 Å². The Bertz CT molecular complexity index is 1530. The van der Waals surface area contributed by atoms with Crippen molar-refractivity contribution in [2.24, 2.45) is 11.7 Å². The lowest BCUT2D eigenvalue weighted by atomic mass is 9.93. The first-order valence-corrected chi connectivity index (χ1v) is 15.5. The number of benzene rings is 3. The molecule has 9 heteroatoms. The summed E-state index contributed by atoms with van der Waals surface area (Å²) in [5.41, 5.74) is 7.78. The number of ether oxygens (including phenoxy) is 1. The molecule has 3 aromatic carbocycles. The second kappa shape index (κ2) is 15.1. The van der Waals surface area contributed by atoms with Gasteiger partial charge in [0.1, 0.15) is 17.7 Å². The molecule has 0 heterocycles. The van der Waals surface area contributed by atoms with Crippen molar-refractivity contribution in [3.05, 3.63) is 77.4 Å². The number of rotatable bonds is 12. The molecule has 4 amide bonds. The highest BCUT2D eigenvalue weighted by molar-refractivity contribution is 6.01. The molecule has 242 valence electrons. The molecule has 3 atom stereocenters. The first-order chi connectivity index (χ1) is 21.1. The number of nitrogens with zero attached hydrogens (tertiary/aromatic N) is 1. The zero-order valence-corrected chi connectivity index (χ0v) is 27.8. The minimum absolute atomic E-state index is 0.344. The van der Waals surface area contributed by atoms with Crippen molar-refractivity contribution < 1.29 is 23.9 Å². The van der Waals surface area contributed by atoms with Crippen LogP contribution in [0, 0.1) is 19.8 Å². The smallest absolute Gasteiger partial charge is 0.408 e. The van der Waals surface area contributed by atoms with E-state index in [1.807, 2.05) is 81.4 Å². The van der Waals surface area contributed by atoms with Gasteiger partial charge < -0.3 is 26.0 Å². The Labute approximate surface area is 266 Å². The van der Waals surface area contributed by atoms with Crippen molar-refractivity contribution in [3.8, 4) is 0 Å². The highest BCUT2D eigenvalue weighted by Gasteiger charge is 2.40. The number of fused-ring (bicyclic) bond motifs is 1. The topological polar surface area (TPSA) is 131 Å². The van der Waals surface area contributed by atoms with E-state index in [-0.39, 0.29) is 0 Å². The molecule has 4 N–H and O–H groups in total. The van der Waals surface area contributed by atoms with Crippen LogP contribution in [0.15, 0.2) is 60.7 Å². The molecule has 0 saturated heterocycles. The number of alkyl carbamates (subject to hydrolysis) is 1. The number of anilines is 1. The van der Waals surface area contributed by atoms with Crippen molar-refractivity contribution in [1.29, 1.82) is 0 Å². The molecule has 0 saturated carbocycles. The molecule has 0 spiro atoms. The summed E-state index contributed by atoms with van der Waals surface area (Å²) in [6.45, 7) is 15.0. The molecule has 3 rings (SSSR count). The Morgan fingerprint density at radius 3 is 2.16 bits per heavy atom. The van der Waals surface area contributed by atoms with Crippen molar-refractivity contribution in [1.82, 2.24) is 10.2 Å². The number of hydrogen-bond donors (Lipinski definition) is 3. The number of aryl methyl sites for hydroxylation is 2. The van der Waals surface area contributed by atoms with Gasteiger partial charge in [-0.2, -0.15) is 0 Å². The minimum atomic E-state index is -1.35. The quantitative estimate of drug-likeness (QED) is 0.212. The number of nitrogens with two attached hydrogens (primary N) is 1. The average Bonchev–Trinajstić information content (AvgIpc) is 2.93. The van der Waals surface area contributed by atoms with Gasteiger partial charge in [-0.3, -0.25) is 14.4 Å². The van der Waals surface area contributed by atoms with Crippen LogP contribution in [-0.2, 0) is 19.1 Å². The lowest BCUT2D eigenvalue weighted by Crippen LogP contribution is -2.56. The molecule has 0 aromatic heterocycles. The fraction of sp³-hybridized carbons (Fsp3) is 0.444. The third-order valence-electron chi connectivity index (χ3n) is 7.55. The Hall–Kier alpha value is -4.40. The van der Waals surface area contributed by atoms with Gasteiger partial charge in [-0.1, -0.05) is 67.9 Å². The lowest BCUT2D eigenvalue weighted by molar-refractivity contribution is -0.144. The molecule has 0 aliphatic rings. The number of carbonyl (C=O) groups is 4. The Morgan fingerprint density at radius 2 is 1.56 bits per heavy atom. The van der Waals surface area contributed by atoms with E-state index in [0.717, 1.165) is 28.3 Å². The summed E-state index contributed by atoms with van der Waals surface area (Å²) in [6.07, 6.45) is 0.0541.